The van der Waals surface area contributed by atoms with Gasteiger partial charge in [-0.3, -0.25) is 4.79 Å². The van der Waals surface area contributed by atoms with Crippen LogP contribution in [0.1, 0.15) is 67.4 Å². The van der Waals surface area contributed by atoms with Crippen molar-refractivity contribution in [2.75, 3.05) is 19.7 Å². The Kier molecular flexibility index (Phi) is 5.95. The second kappa shape index (κ2) is 9.02. The van der Waals surface area contributed by atoms with Crippen LogP contribution < -0.4 is 0 Å². The highest BCUT2D eigenvalue weighted by atomic mass is 16.5. The second-order valence-corrected chi connectivity index (χ2v) is 9.16. The van der Waals surface area contributed by atoms with E-state index < -0.39 is 0 Å². The van der Waals surface area contributed by atoms with Crippen LogP contribution >= 0.6 is 0 Å². The molecule has 0 bridgehead atoms. The number of carbonyl (C=O) groups excluding carboxylic acids is 1. The molecule has 1 saturated heterocycles. The van der Waals surface area contributed by atoms with Gasteiger partial charge < -0.3 is 14.2 Å². The van der Waals surface area contributed by atoms with Crippen LogP contribution in [-0.2, 0) is 16.1 Å². The van der Waals surface area contributed by atoms with E-state index in [1.807, 2.05) is 47.9 Å². The summed E-state index contributed by atoms with van der Waals surface area (Å²) >= 11 is 0. The van der Waals surface area contributed by atoms with Gasteiger partial charge in [-0.05, 0) is 32.3 Å². The van der Waals surface area contributed by atoms with Gasteiger partial charge in [0.05, 0.1) is 31.1 Å². The Balaban J connectivity index is 1.34. The third-order valence-electron chi connectivity index (χ3n) is 7.09. The number of morpholine rings is 1. The lowest BCUT2D eigenvalue weighted by molar-refractivity contribution is -0.139. The number of amides is 1. The van der Waals surface area contributed by atoms with Crippen molar-refractivity contribution < 1.29 is 9.53 Å². The zero-order valence-electron chi connectivity index (χ0n) is 19.0. The van der Waals surface area contributed by atoms with Gasteiger partial charge in [-0.15, -0.1) is 0 Å². The van der Waals surface area contributed by atoms with Crippen LogP contribution in [0.4, 0.5) is 0 Å². The van der Waals surface area contributed by atoms with E-state index in [9.17, 15) is 4.79 Å². The summed E-state index contributed by atoms with van der Waals surface area (Å²) in [6.07, 6.45) is 12.3. The average molecular weight is 437 g/mol. The fraction of sp³-hybridized carbons (Fsp3) is 0.583. The Bertz CT molecular complexity index is 1100. The number of hydrogen-bond acceptors (Lipinski definition) is 5. The number of hydrogen-bond donors (Lipinski definition) is 0. The van der Waals surface area contributed by atoms with Gasteiger partial charge in [0.2, 0.25) is 5.91 Å². The number of carbonyl (C=O) groups is 1. The molecule has 170 valence electrons. The lowest BCUT2D eigenvalue weighted by Crippen LogP contribution is -2.42. The smallest absolute Gasteiger partial charge is 0.222 e. The number of fused-ring (bicyclic) bond motifs is 1. The molecule has 3 aromatic rings. The van der Waals surface area contributed by atoms with Gasteiger partial charge >= 0.3 is 0 Å². The van der Waals surface area contributed by atoms with Crippen molar-refractivity contribution in [1.29, 1.82) is 0 Å². The summed E-state index contributed by atoms with van der Waals surface area (Å²) in [7, 11) is 0. The summed E-state index contributed by atoms with van der Waals surface area (Å²) in [6.45, 7) is 6.46. The first kappa shape index (κ1) is 21.1. The lowest BCUT2D eigenvalue weighted by Gasteiger charge is -2.33. The minimum Gasteiger partial charge on any atom is -0.368 e. The maximum absolute atomic E-state index is 12.9. The quantitative estimate of drug-likeness (QED) is 0.591. The van der Waals surface area contributed by atoms with Gasteiger partial charge in [0.25, 0.3) is 0 Å². The molecular weight excluding hydrogens is 404 g/mol. The third-order valence-corrected chi connectivity index (χ3v) is 7.09. The van der Waals surface area contributed by atoms with E-state index in [0.29, 0.717) is 32.7 Å². The third kappa shape index (κ3) is 4.16. The SMILES string of the molecule is Cc1nn2c(C3CN(C(=O)CCC4CCCC4)CCO3)ccnc2c1Cn1ccnc1C. The Morgan fingerprint density at radius 2 is 2.03 bits per heavy atom. The molecule has 2 aliphatic rings. The fourth-order valence-corrected chi connectivity index (χ4v) is 5.12. The highest BCUT2D eigenvalue weighted by molar-refractivity contribution is 5.76. The van der Waals surface area contributed by atoms with Crippen molar-refractivity contribution in [3.8, 4) is 0 Å². The van der Waals surface area contributed by atoms with E-state index in [-0.39, 0.29) is 12.0 Å². The maximum Gasteiger partial charge on any atom is 0.222 e. The molecule has 1 aliphatic heterocycles. The van der Waals surface area contributed by atoms with Crippen molar-refractivity contribution in [2.24, 2.45) is 5.92 Å². The summed E-state index contributed by atoms with van der Waals surface area (Å²) < 4.78 is 10.1. The molecule has 1 amide bonds. The molecule has 0 aromatic carbocycles. The van der Waals surface area contributed by atoms with Crippen LogP contribution in [0.2, 0.25) is 0 Å². The van der Waals surface area contributed by atoms with Crippen LogP contribution in [0.5, 0.6) is 0 Å². The van der Waals surface area contributed by atoms with E-state index in [4.69, 9.17) is 9.84 Å². The molecule has 5 rings (SSSR count). The normalized spacial score (nSPS) is 19.8. The van der Waals surface area contributed by atoms with Crippen LogP contribution in [0.25, 0.3) is 5.65 Å². The molecule has 1 unspecified atom stereocenters. The summed E-state index contributed by atoms with van der Waals surface area (Å²) in [5.41, 5.74) is 3.80. The zero-order valence-corrected chi connectivity index (χ0v) is 19.0. The van der Waals surface area contributed by atoms with Gasteiger partial charge in [0, 0.05) is 37.1 Å². The highest BCUT2D eigenvalue weighted by Gasteiger charge is 2.28. The largest absolute Gasteiger partial charge is 0.368 e. The average Bonchev–Trinajstić information content (AvgIpc) is 3.54. The highest BCUT2D eigenvalue weighted by Crippen LogP contribution is 2.30. The van der Waals surface area contributed by atoms with Gasteiger partial charge in [-0.1, -0.05) is 25.7 Å². The minimum absolute atomic E-state index is 0.202. The van der Waals surface area contributed by atoms with Crippen molar-refractivity contribution in [3.05, 3.63) is 47.4 Å². The topological polar surface area (TPSA) is 77.5 Å². The second-order valence-electron chi connectivity index (χ2n) is 9.16. The molecule has 3 aromatic heterocycles. The van der Waals surface area contributed by atoms with E-state index in [1.165, 1.54) is 25.7 Å². The summed E-state index contributed by atoms with van der Waals surface area (Å²) in [5, 5.41) is 4.79. The standard InChI is InChI=1S/C24H32N6O2/c1-17-20(15-28-12-11-25-18(28)2)24-26-10-9-21(30(24)27-17)22-16-29(13-14-32-22)23(31)8-7-19-5-3-4-6-19/h9-12,19,22H,3-8,13-16H2,1-2H3. The molecule has 0 radical (unpaired) electrons. The summed E-state index contributed by atoms with van der Waals surface area (Å²) in [5.74, 6) is 1.95. The molecule has 4 heterocycles. The zero-order chi connectivity index (χ0) is 22.1. The fourth-order valence-electron chi connectivity index (χ4n) is 5.12. The first-order valence-corrected chi connectivity index (χ1v) is 11.8. The molecule has 8 nitrogen and oxygen atoms in total. The van der Waals surface area contributed by atoms with E-state index in [2.05, 4.69) is 14.5 Å². The molecule has 1 aliphatic carbocycles. The Morgan fingerprint density at radius 1 is 1.19 bits per heavy atom. The Labute approximate surface area is 188 Å². The molecule has 0 N–H and O–H groups in total. The van der Waals surface area contributed by atoms with Crippen LogP contribution in [0.3, 0.4) is 0 Å². The van der Waals surface area contributed by atoms with Crippen molar-refractivity contribution in [1.82, 2.24) is 29.0 Å². The first-order chi connectivity index (χ1) is 15.6. The predicted molar refractivity (Wildman–Crippen MR) is 120 cm³/mol. The summed E-state index contributed by atoms with van der Waals surface area (Å²) in [6, 6.07) is 1.96. The summed E-state index contributed by atoms with van der Waals surface area (Å²) in [4.78, 5) is 23.8. The Morgan fingerprint density at radius 3 is 2.81 bits per heavy atom. The maximum atomic E-state index is 12.9. The number of aromatic nitrogens is 5. The van der Waals surface area contributed by atoms with Crippen molar-refractivity contribution in [3.63, 3.8) is 0 Å². The molecular formula is C24H32N6O2. The van der Waals surface area contributed by atoms with Gasteiger partial charge in [-0.25, -0.2) is 14.5 Å². The van der Waals surface area contributed by atoms with Crippen LogP contribution in [-0.4, -0.2) is 54.7 Å². The Hall–Kier alpha value is -2.74. The van der Waals surface area contributed by atoms with Gasteiger partial charge in [-0.2, -0.15) is 5.10 Å². The van der Waals surface area contributed by atoms with Crippen LogP contribution in [0, 0.1) is 19.8 Å². The number of nitrogens with zero attached hydrogens (tertiary/aromatic N) is 6. The van der Waals surface area contributed by atoms with E-state index >= 15 is 0 Å². The monoisotopic (exact) mass is 436 g/mol. The van der Waals surface area contributed by atoms with Crippen molar-refractivity contribution >= 4 is 11.6 Å². The molecule has 2 fully saturated rings. The molecule has 0 spiro atoms. The van der Waals surface area contributed by atoms with Crippen LogP contribution in [0.15, 0.2) is 24.7 Å². The molecule has 8 heteroatoms. The number of aryl methyl sites for hydroxylation is 2. The predicted octanol–water partition coefficient (Wildman–Crippen LogP) is 3.46. The lowest BCUT2D eigenvalue weighted by atomic mass is 10.0. The molecule has 32 heavy (non-hydrogen) atoms. The number of ether oxygens (including phenoxy) is 1. The van der Waals surface area contributed by atoms with Gasteiger partial charge in [0.15, 0.2) is 5.65 Å². The first-order valence-electron chi connectivity index (χ1n) is 11.8. The molecule has 1 saturated carbocycles. The van der Waals surface area contributed by atoms with Crippen molar-refractivity contribution in [2.45, 2.75) is 65.0 Å². The molecule has 1 atom stereocenters. The minimum atomic E-state index is -0.202. The number of imidazole rings is 1. The van der Waals surface area contributed by atoms with Gasteiger partial charge in [0.1, 0.15) is 11.9 Å². The van der Waals surface area contributed by atoms with E-state index in [1.54, 1.807) is 0 Å². The number of rotatable bonds is 6. The van der Waals surface area contributed by atoms with E-state index in [0.717, 1.165) is 40.8 Å².